The van der Waals surface area contributed by atoms with Crippen molar-refractivity contribution in [1.82, 2.24) is 10.2 Å². The Bertz CT molecular complexity index is 393. The fourth-order valence-corrected chi connectivity index (χ4v) is 2.71. The van der Waals surface area contributed by atoms with Crippen LogP contribution in [0.25, 0.3) is 0 Å². The third-order valence-electron chi connectivity index (χ3n) is 4.11. The summed E-state index contributed by atoms with van der Waals surface area (Å²) in [7, 11) is -1.01. The summed E-state index contributed by atoms with van der Waals surface area (Å²) in [6.45, 7) is 7.71. The number of nitrogens with one attached hydrogen (secondary N) is 1. The molecule has 1 aliphatic heterocycles. The minimum atomic E-state index is -1.01. The first kappa shape index (κ1) is 16.1. The summed E-state index contributed by atoms with van der Waals surface area (Å²) in [5, 5.41) is 2.72. The lowest BCUT2D eigenvalue weighted by molar-refractivity contribution is -0.154. The van der Waals surface area contributed by atoms with Crippen LogP contribution in [0.4, 0.5) is 0 Å². The molecule has 3 unspecified atom stereocenters. The second kappa shape index (κ2) is 6.03. The molecule has 1 saturated heterocycles. The highest BCUT2D eigenvalue weighted by molar-refractivity contribution is 7.84. The van der Waals surface area contributed by atoms with Crippen LogP contribution < -0.4 is 5.32 Å². The SMILES string of the molecule is CCC1(CC)NC(=O)C(C)N(CC(C)S(C)=O)C1=O. The van der Waals surface area contributed by atoms with Crippen LogP contribution in [0.15, 0.2) is 0 Å². The molecule has 0 saturated carbocycles. The number of piperazine rings is 1. The third kappa shape index (κ3) is 2.99. The molecule has 1 aliphatic rings. The van der Waals surface area contributed by atoms with Crippen molar-refractivity contribution in [3.05, 3.63) is 0 Å². The standard InChI is InChI=1S/C13H24N2O3S/c1-6-13(7-2)12(17)15(8-9(3)19(5)18)10(4)11(16)14-13/h9-10H,6-8H2,1-5H3,(H,14,16). The van der Waals surface area contributed by atoms with Gasteiger partial charge in [0.15, 0.2) is 0 Å². The van der Waals surface area contributed by atoms with E-state index >= 15 is 0 Å². The summed E-state index contributed by atoms with van der Waals surface area (Å²) in [5.41, 5.74) is -0.793. The van der Waals surface area contributed by atoms with Gasteiger partial charge in [0.05, 0.1) is 0 Å². The molecule has 0 radical (unpaired) electrons. The zero-order chi connectivity index (χ0) is 14.8. The summed E-state index contributed by atoms with van der Waals surface area (Å²) in [6.07, 6.45) is 2.76. The molecule has 19 heavy (non-hydrogen) atoms. The predicted octanol–water partition coefficient (Wildman–Crippen LogP) is 0.659. The van der Waals surface area contributed by atoms with Gasteiger partial charge < -0.3 is 10.2 Å². The van der Waals surface area contributed by atoms with Crippen molar-refractivity contribution in [2.24, 2.45) is 0 Å². The topological polar surface area (TPSA) is 66.5 Å². The summed E-state index contributed by atoms with van der Waals surface area (Å²) < 4.78 is 11.5. The first-order chi connectivity index (χ1) is 8.79. The van der Waals surface area contributed by atoms with Gasteiger partial charge in [-0.1, -0.05) is 13.8 Å². The molecule has 2 amide bonds. The number of hydrogen-bond acceptors (Lipinski definition) is 3. The molecule has 110 valence electrons. The van der Waals surface area contributed by atoms with Crippen LogP contribution in [0.5, 0.6) is 0 Å². The molecule has 0 aromatic heterocycles. The first-order valence-electron chi connectivity index (χ1n) is 6.74. The molecule has 5 nitrogen and oxygen atoms in total. The van der Waals surface area contributed by atoms with E-state index in [0.717, 1.165) is 0 Å². The highest BCUT2D eigenvalue weighted by Crippen LogP contribution is 2.25. The fraction of sp³-hybridized carbons (Fsp3) is 0.846. The van der Waals surface area contributed by atoms with E-state index in [1.165, 1.54) is 0 Å². The third-order valence-corrected chi connectivity index (χ3v) is 5.39. The average Bonchev–Trinajstić information content (AvgIpc) is 2.38. The Morgan fingerprint density at radius 2 is 1.89 bits per heavy atom. The van der Waals surface area contributed by atoms with Crippen LogP contribution >= 0.6 is 0 Å². The molecule has 1 rings (SSSR count). The lowest BCUT2D eigenvalue weighted by Gasteiger charge is -2.45. The van der Waals surface area contributed by atoms with Gasteiger partial charge in [0, 0.05) is 28.9 Å². The van der Waals surface area contributed by atoms with Crippen molar-refractivity contribution < 1.29 is 13.8 Å². The molecule has 1 N–H and O–H groups in total. The van der Waals surface area contributed by atoms with Crippen molar-refractivity contribution in [2.45, 2.75) is 57.4 Å². The van der Waals surface area contributed by atoms with Crippen LogP contribution in [-0.2, 0) is 20.4 Å². The minimum Gasteiger partial charge on any atom is -0.340 e. The Balaban J connectivity index is 3.03. The number of carbonyl (C=O) groups is 2. The van der Waals surface area contributed by atoms with Gasteiger partial charge in [0.2, 0.25) is 11.8 Å². The van der Waals surface area contributed by atoms with E-state index in [1.807, 2.05) is 20.8 Å². The Morgan fingerprint density at radius 3 is 2.32 bits per heavy atom. The molecule has 0 aromatic rings. The summed E-state index contributed by atoms with van der Waals surface area (Å²) >= 11 is 0. The Hall–Kier alpha value is -0.910. The van der Waals surface area contributed by atoms with E-state index in [-0.39, 0.29) is 17.1 Å². The molecule has 6 heteroatoms. The predicted molar refractivity (Wildman–Crippen MR) is 76.2 cm³/mol. The molecule has 1 fully saturated rings. The maximum atomic E-state index is 12.6. The molecule has 0 aromatic carbocycles. The van der Waals surface area contributed by atoms with Crippen molar-refractivity contribution >= 4 is 22.6 Å². The average molecular weight is 288 g/mol. The minimum absolute atomic E-state index is 0.0538. The van der Waals surface area contributed by atoms with Crippen molar-refractivity contribution in [1.29, 1.82) is 0 Å². The van der Waals surface area contributed by atoms with Gasteiger partial charge in [-0.25, -0.2) is 0 Å². The quantitative estimate of drug-likeness (QED) is 0.808. The number of amides is 2. The van der Waals surface area contributed by atoms with Crippen molar-refractivity contribution in [3.8, 4) is 0 Å². The van der Waals surface area contributed by atoms with E-state index < -0.39 is 22.4 Å². The molecule has 3 atom stereocenters. The second-order valence-electron chi connectivity index (χ2n) is 5.22. The van der Waals surface area contributed by atoms with E-state index in [2.05, 4.69) is 5.32 Å². The Labute approximate surface area is 117 Å². The van der Waals surface area contributed by atoms with E-state index in [1.54, 1.807) is 18.1 Å². The molecule has 0 spiro atoms. The molecule has 0 aliphatic carbocycles. The maximum absolute atomic E-state index is 12.6. The van der Waals surface area contributed by atoms with Gasteiger partial charge in [-0.15, -0.1) is 0 Å². The van der Waals surface area contributed by atoms with E-state index in [9.17, 15) is 13.8 Å². The van der Waals surface area contributed by atoms with Crippen molar-refractivity contribution in [2.75, 3.05) is 12.8 Å². The fourth-order valence-electron chi connectivity index (χ4n) is 2.34. The zero-order valence-electron chi connectivity index (χ0n) is 12.4. The van der Waals surface area contributed by atoms with E-state index in [0.29, 0.717) is 19.4 Å². The van der Waals surface area contributed by atoms with Gasteiger partial charge in [0.1, 0.15) is 11.6 Å². The van der Waals surface area contributed by atoms with Gasteiger partial charge in [-0.05, 0) is 26.7 Å². The smallest absolute Gasteiger partial charge is 0.249 e. The van der Waals surface area contributed by atoms with Gasteiger partial charge in [-0.2, -0.15) is 0 Å². The maximum Gasteiger partial charge on any atom is 0.249 e. The largest absolute Gasteiger partial charge is 0.340 e. The number of hydrogen-bond donors (Lipinski definition) is 1. The second-order valence-corrected chi connectivity index (χ2v) is 7.02. The molecule has 1 heterocycles. The van der Waals surface area contributed by atoms with Crippen LogP contribution in [0.3, 0.4) is 0 Å². The Kier molecular flexibility index (Phi) is 5.12. The van der Waals surface area contributed by atoms with Crippen LogP contribution in [0.2, 0.25) is 0 Å². The number of carbonyl (C=O) groups excluding carboxylic acids is 2. The number of nitrogens with zero attached hydrogens (tertiary/aromatic N) is 1. The molecular formula is C13H24N2O3S. The first-order valence-corrected chi connectivity index (χ1v) is 8.36. The normalized spacial score (nSPS) is 25.9. The van der Waals surface area contributed by atoms with Gasteiger partial charge in [-0.3, -0.25) is 13.8 Å². The van der Waals surface area contributed by atoms with Crippen molar-refractivity contribution in [3.63, 3.8) is 0 Å². The highest BCUT2D eigenvalue weighted by atomic mass is 32.2. The lowest BCUT2D eigenvalue weighted by atomic mass is 9.87. The van der Waals surface area contributed by atoms with E-state index in [4.69, 9.17) is 0 Å². The lowest BCUT2D eigenvalue weighted by Crippen LogP contribution is -2.70. The molecule has 0 bridgehead atoms. The summed E-state index contributed by atoms with van der Waals surface area (Å²) in [5.74, 6) is -0.181. The summed E-state index contributed by atoms with van der Waals surface area (Å²) in [6, 6.07) is -0.496. The van der Waals surface area contributed by atoms with Crippen LogP contribution in [0.1, 0.15) is 40.5 Å². The van der Waals surface area contributed by atoms with Gasteiger partial charge in [0.25, 0.3) is 0 Å². The highest BCUT2D eigenvalue weighted by Gasteiger charge is 2.47. The van der Waals surface area contributed by atoms with Crippen LogP contribution in [-0.4, -0.2) is 50.6 Å². The summed E-state index contributed by atoms with van der Waals surface area (Å²) in [4.78, 5) is 26.3. The Morgan fingerprint density at radius 1 is 1.37 bits per heavy atom. The molecular weight excluding hydrogens is 264 g/mol. The van der Waals surface area contributed by atoms with Crippen LogP contribution in [0, 0.1) is 0 Å². The number of rotatable bonds is 5. The monoisotopic (exact) mass is 288 g/mol. The zero-order valence-corrected chi connectivity index (χ0v) is 13.2. The van der Waals surface area contributed by atoms with Gasteiger partial charge >= 0.3 is 0 Å².